The number of carbonyl (C=O) groups is 2. The van der Waals surface area contributed by atoms with Crippen LogP contribution in [0.25, 0.3) is 0 Å². The second-order valence-corrected chi connectivity index (χ2v) is 10.4. The van der Waals surface area contributed by atoms with Crippen molar-refractivity contribution < 1.29 is 13.8 Å². The van der Waals surface area contributed by atoms with Crippen LogP contribution < -0.4 is 10.2 Å². The van der Waals surface area contributed by atoms with Gasteiger partial charge in [0.2, 0.25) is 0 Å². The number of hydrogen-bond acceptors (Lipinski definition) is 3. The summed E-state index contributed by atoms with van der Waals surface area (Å²) in [6.07, 6.45) is 0. The van der Waals surface area contributed by atoms with E-state index in [-0.39, 0.29) is 24.9 Å². The first kappa shape index (κ1) is 24.0. The minimum atomic E-state index is -1.58. The number of halogens is 1. The molecule has 4 aromatic rings. The first-order valence-corrected chi connectivity index (χ1v) is 13.0. The number of hydrogen-bond donors (Lipinski definition) is 1. The summed E-state index contributed by atoms with van der Waals surface area (Å²) in [4.78, 5) is 29.4. The van der Waals surface area contributed by atoms with E-state index in [2.05, 4.69) is 5.32 Å². The van der Waals surface area contributed by atoms with Gasteiger partial charge >= 0.3 is 0 Å². The summed E-state index contributed by atoms with van der Waals surface area (Å²) in [5, 5.41) is 3.46. The molecule has 0 spiro atoms. The molecule has 0 bridgehead atoms. The third-order valence-electron chi connectivity index (χ3n) is 6.26. The highest BCUT2D eigenvalue weighted by Gasteiger charge is 2.31. The van der Waals surface area contributed by atoms with Crippen LogP contribution in [0, 0.1) is 6.92 Å². The van der Waals surface area contributed by atoms with Crippen molar-refractivity contribution in [2.45, 2.75) is 29.8 Å². The minimum Gasteiger partial charge on any atom is -0.348 e. The molecule has 36 heavy (non-hydrogen) atoms. The fraction of sp³-hybridized carbons (Fsp3) is 0.103. The Hall–Kier alpha value is -3.74. The van der Waals surface area contributed by atoms with Gasteiger partial charge in [-0.05, 0) is 60.0 Å². The van der Waals surface area contributed by atoms with Gasteiger partial charge in [-0.15, -0.1) is 0 Å². The summed E-state index contributed by atoms with van der Waals surface area (Å²) in [6.45, 7) is 2.54. The third-order valence-corrected chi connectivity index (χ3v) is 8.13. The van der Waals surface area contributed by atoms with Gasteiger partial charge < -0.3 is 10.2 Å². The van der Waals surface area contributed by atoms with Gasteiger partial charge in [-0.3, -0.25) is 9.59 Å². The highest BCUT2D eigenvalue weighted by Crippen LogP contribution is 2.36. The lowest BCUT2D eigenvalue weighted by atomic mass is 10.1. The van der Waals surface area contributed by atoms with Crippen LogP contribution in [-0.4, -0.2) is 16.0 Å². The molecule has 1 atom stereocenters. The van der Waals surface area contributed by atoms with Gasteiger partial charge in [0.25, 0.3) is 11.8 Å². The van der Waals surface area contributed by atoms with E-state index in [9.17, 15) is 13.8 Å². The Morgan fingerprint density at radius 1 is 0.889 bits per heavy atom. The molecule has 0 radical (unpaired) electrons. The Morgan fingerprint density at radius 2 is 1.58 bits per heavy atom. The number of fused-ring (bicyclic) bond motifs is 2. The van der Waals surface area contributed by atoms with Crippen molar-refractivity contribution in [3.8, 4) is 0 Å². The maximum atomic E-state index is 13.8. The first-order chi connectivity index (χ1) is 17.4. The van der Waals surface area contributed by atoms with E-state index in [1.165, 1.54) is 0 Å². The average molecular weight is 515 g/mol. The molecule has 0 fully saturated rings. The molecule has 4 aromatic carbocycles. The SMILES string of the molecule is Cc1ccccc1CN1C(=O)c2ccccc2[S@@](=O)c2ccc(C(=O)NCc3ccccc3Cl)cc21. The zero-order valence-corrected chi connectivity index (χ0v) is 21.1. The van der Waals surface area contributed by atoms with Gasteiger partial charge in [0.1, 0.15) is 0 Å². The second-order valence-electron chi connectivity index (χ2n) is 8.54. The Labute approximate surface area is 217 Å². The number of rotatable bonds is 5. The number of nitrogens with zero attached hydrogens (tertiary/aromatic N) is 1. The molecule has 0 saturated heterocycles. The van der Waals surface area contributed by atoms with E-state index in [0.717, 1.165) is 16.7 Å². The fourth-order valence-electron chi connectivity index (χ4n) is 4.24. The molecule has 0 aromatic heterocycles. The topological polar surface area (TPSA) is 66.5 Å². The number of aryl methyl sites for hydroxylation is 1. The largest absolute Gasteiger partial charge is 0.348 e. The lowest BCUT2D eigenvalue weighted by Crippen LogP contribution is -2.31. The van der Waals surface area contributed by atoms with Crippen molar-refractivity contribution in [1.29, 1.82) is 0 Å². The summed E-state index contributed by atoms with van der Waals surface area (Å²) >= 11 is 6.22. The predicted molar refractivity (Wildman–Crippen MR) is 142 cm³/mol. The first-order valence-electron chi connectivity index (χ1n) is 11.5. The zero-order valence-electron chi connectivity index (χ0n) is 19.5. The van der Waals surface area contributed by atoms with Crippen LogP contribution >= 0.6 is 11.6 Å². The molecule has 5 rings (SSSR count). The quantitative estimate of drug-likeness (QED) is 0.360. The van der Waals surface area contributed by atoms with Crippen molar-refractivity contribution in [1.82, 2.24) is 5.32 Å². The molecular weight excluding hydrogens is 492 g/mol. The van der Waals surface area contributed by atoms with Gasteiger partial charge in [0.15, 0.2) is 0 Å². The van der Waals surface area contributed by atoms with E-state index in [1.807, 2.05) is 49.4 Å². The molecule has 180 valence electrons. The third kappa shape index (κ3) is 4.57. The molecule has 0 aliphatic carbocycles. The Morgan fingerprint density at radius 3 is 2.36 bits per heavy atom. The molecule has 1 heterocycles. The summed E-state index contributed by atoms with van der Waals surface area (Å²) < 4.78 is 13.6. The van der Waals surface area contributed by atoms with Crippen molar-refractivity contribution in [3.05, 3.63) is 124 Å². The van der Waals surface area contributed by atoms with Crippen LogP contribution in [0.3, 0.4) is 0 Å². The number of nitrogens with one attached hydrogen (secondary N) is 1. The lowest BCUT2D eigenvalue weighted by Gasteiger charge is -2.24. The Kier molecular flexibility index (Phi) is 6.72. The van der Waals surface area contributed by atoms with Gasteiger partial charge in [-0.1, -0.05) is 66.2 Å². The molecule has 0 saturated carbocycles. The molecule has 2 amide bonds. The summed E-state index contributed by atoms with van der Waals surface area (Å²) in [5.41, 5.74) is 4.03. The van der Waals surface area contributed by atoms with Crippen molar-refractivity contribution in [2.75, 3.05) is 4.90 Å². The summed E-state index contributed by atoms with van der Waals surface area (Å²) in [7, 11) is -1.58. The number of amides is 2. The smallest absolute Gasteiger partial charge is 0.259 e. The van der Waals surface area contributed by atoms with Crippen molar-refractivity contribution in [3.63, 3.8) is 0 Å². The molecule has 1 aliphatic heterocycles. The number of anilines is 1. The summed E-state index contributed by atoms with van der Waals surface area (Å²) in [6, 6.07) is 27.1. The summed E-state index contributed by atoms with van der Waals surface area (Å²) in [5.74, 6) is -0.567. The van der Waals surface area contributed by atoms with Gasteiger partial charge in [0, 0.05) is 17.1 Å². The number of carbonyl (C=O) groups excluding carboxylic acids is 2. The average Bonchev–Trinajstić information content (AvgIpc) is 2.98. The lowest BCUT2D eigenvalue weighted by molar-refractivity contribution is 0.0947. The predicted octanol–water partition coefficient (Wildman–Crippen LogP) is 5.91. The number of benzene rings is 4. The molecular formula is C29H23ClN2O3S. The van der Waals surface area contributed by atoms with Gasteiger partial charge in [-0.2, -0.15) is 0 Å². The monoisotopic (exact) mass is 514 g/mol. The van der Waals surface area contributed by atoms with Crippen LogP contribution in [0.15, 0.2) is 101 Å². The van der Waals surface area contributed by atoms with Gasteiger partial charge in [-0.25, -0.2) is 4.21 Å². The fourth-order valence-corrected chi connectivity index (χ4v) is 5.79. The van der Waals surface area contributed by atoms with E-state index in [0.29, 0.717) is 31.6 Å². The zero-order chi connectivity index (χ0) is 25.2. The Balaban J connectivity index is 1.55. The normalized spacial score (nSPS) is 14.6. The van der Waals surface area contributed by atoms with E-state index in [4.69, 9.17) is 11.6 Å². The Bertz CT molecular complexity index is 1520. The van der Waals surface area contributed by atoms with Crippen LogP contribution in [0.4, 0.5) is 5.69 Å². The van der Waals surface area contributed by atoms with Crippen LogP contribution in [0.5, 0.6) is 0 Å². The van der Waals surface area contributed by atoms with Crippen LogP contribution in [0.2, 0.25) is 5.02 Å². The van der Waals surface area contributed by atoms with Crippen LogP contribution in [-0.2, 0) is 23.9 Å². The second kappa shape index (κ2) is 10.1. The molecule has 1 N–H and O–H groups in total. The van der Waals surface area contributed by atoms with E-state index in [1.54, 1.807) is 53.4 Å². The maximum absolute atomic E-state index is 13.8. The molecule has 0 unspecified atom stereocenters. The highest BCUT2D eigenvalue weighted by molar-refractivity contribution is 7.85. The van der Waals surface area contributed by atoms with Gasteiger partial charge in [0.05, 0.1) is 38.4 Å². The molecule has 1 aliphatic rings. The van der Waals surface area contributed by atoms with Crippen molar-refractivity contribution in [2.24, 2.45) is 0 Å². The van der Waals surface area contributed by atoms with E-state index >= 15 is 0 Å². The van der Waals surface area contributed by atoms with Crippen LogP contribution in [0.1, 0.15) is 37.4 Å². The van der Waals surface area contributed by atoms with E-state index < -0.39 is 10.8 Å². The molecule has 5 nitrogen and oxygen atoms in total. The molecule has 7 heteroatoms. The highest BCUT2D eigenvalue weighted by atomic mass is 35.5. The van der Waals surface area contributed by atoms with Crippen molar-refractivity contribution >= 4 is 39.9 Å². The minimum absolute atomic E-state index is 0.255. The maximum Gasteiger partial charge on any atom is 0.259 e. The standard InChI is InChI=1S/C29H23ClN2O3S/c1-19-8-2-3-10-22(19)18-32-25-16-20(28(33)31-17-21-9-4-6-12-24(21)30)14-15-27(25)36(35)26-13-7-5-11-23(26)29(32)34/h2-16H,17-18H2,1H3,(H,31,33)/t36-/m1/s1.